The van der Waals surface area contributed by atoms with Gasteiger partial charge in [-0.15, -0.1) is 0 Å². The van der Waals surface area contributed by atoms with Crippen molar-refractivity contribution in [3.05, 3.63) is 58.0 Å². The summed E-state index contributed by atoms with van der Waals surface area (Å²) in [6.07, 6.45) is 1.43. The Hall–Kier alpha value is -1.72. The number of rotatable bonds is 2. The van der Waals surface area contributed by atoms with Crippen LogP contribution in [0.2, 0.25) is 5.02 Å². The van der Waals surface area contributed by atoms with E-state index in [1.165, 1.54) is 24.5 Å². The first-order valence-electron chi connectivity index (χ1n) is 5.76. The SMILES string of the molecule is Fc1ccc(Cl)cc1Nc1ncnc2ccc(Br)cc12. The molecule has 0 aliphatic carbocycles. The molecule has 0 bridgehead atoms. The first-order chi connectivity index (χ1) is 9.63. The zero-order valence-electron chi connectivity index (χ0n) is 10.1. The maximum atomic E-state index is 13.8. The van der Waals surface area contributed by atoms with Crippen LogP contribution in [0.15, 0.2) is 47.2 Å². The van der Waals surface area contributed by atoms with Gasteiger partial charge in [0.1, 0.15) is 18.0 Å². The summed E-state index contributed by atoms with van der Waals surface area (Å²) in [7, 11) is 0. The standard InChI is InChI=1S/C14H8BrClFN3/c15-8-1-4-12-10(5-8)14(19-7-18-12)20-13-6-9(16)2-3-11(13)17/h1-7H,(H,18,19,20). The molecule has 2 aromatic carbocycles. The molecule has 0 saturated heterocycles. The molecule has 1 aromatic heterocycles. The fourth-order valence-electron chi connectivity index (χ4n) is 1.85. The van der Waals surface area contributed by atoms with Crippen LogP contribution in [0.1, 0.15) is 0 Å². The van der Waals surface area contributed by atoms with E-state index < -0.39 is 5.82 Å². The van der Waals surface area contributed by atoms with Gasteiger partial charge in [-0.3, -0.25) is 0 Å². The molecule has 20 heavy (non-hydrogen) atoms. The van der Waals surface area contributed by atoms with Crippen molar-refractivity contribution in [1.82, 2.24) is 9.97 Å². The van der Waals surface area contributed by atoms with Gasteiger partial charge in [0.05, 0.1) is 11.2 Å². The topological polar surface area (TPSA) is 37.8 Å². The highest BCUT2D eigenvalue weighted by Crippen LogP contribution is 2.28. The van der Waals surface area contributed by atoms with Gasteiger partial charge in [-0.1, -0.05) is 27.5 Å². The number of nitrogens with one attached hydrogen (secondary N) is 1. The average Bonchev–Trinajstić information content (AvgIpc) is 2.43. The largest absolute Gasteiger partial charge is 0.337 e. The van der Waals surface area contributed by atoms with Gasteiger partial charge in [-0.2, -0.15) is 0 Å². The number of halogens is 3. The molecule has 1 N–H and O–H groups in total. The number of benzene rings is 2. The van der Waals surface area contributed by atoms with E-state index in [1.807, 2.05) is 18.2 Å². The van der Waals surface area contributed by atoms with Crippen LogP contribution in [0.25, 0.3) is 10.9 Å². The zero-order chi connectivity index (χ0) is 14.1. The summed E-state index contributed by atoms with van der Waals surface area (Å²) in [4.78, 5) is 8.33. The van der Waals surface area contributed by atoms with Gasteiger partial charge in [-0.25, -0.2) is 14.4 Å². The van der Waals surface area contributed by atoms with Crippen molar-refractivity contribution in [3.63, 3.8) is 0 Å². The molecule has 1 heterocycles. The monoisotopic (exact) mass is 351 g/mol. The molecule has 0 radical (unpaired) electrons. The Morgan fingerprint density at radius 2 is 1.95 bits per heavy atom. The molecule has 0 amide bonds. The van der Waals surface area contributed by atoms with Crippen LogP contribution in [-0.2, 0) is 0 Å². The first kappa shape index (κ1) is 13.3. The van der Waals surface area contributed by atoms with Gasteiger partial charge in [-0.05, 0) is 36.4 Å². The minimum Gasteiger partial charge on any atom is -0.337 e. The molecule has 0 aliphatic heterocycles. The van der Waals surface area contributed by atoms with E-state index in [0.717, 1.165) is 15.4 Å². The van der Waals surface area contributed by atoms with Crippen molar-refractivity contribution in [2.75, 3.05) is 5.32 Å². The van der Waals surface area contributed by atoms with Crippen molar-refractivity contribution in [1.29, 1.82) is 0 Å². The molecule has 0 aliphatic rings. The fraction of sp³-hybridized carbons (Fsp3) is 0. The summed E-state index contributed by atoms with van der Waals surface area (Å²) >= 11 is 9.28. The smallest absolute Gasteiger partial charge is 0.146 e. The maximum absolute atomic E-state index is 13.8. The third-order valence-electron chi connectivity index (χ3n) is 2.78. The Labute approximate surface area is 127 Å². The van der Waals surface area contributed by atoms with E-state index in [9.17, 15) is 4.39 Å². The van der Waals surface area contributed by atoms with Crippen LogP contribution in [0.5, 0.6) is 0 Å². The van der Waals surface area contributed by atoms with Crippen molar-refractivity contribution in [2.45, 2.75) is 0 Å². The number of fused-ring (bicyclic) bond motifs is 1. The third-order valence-corrected chi connectivity index (χ3v) is 3.51. The molecule has 3 nitrogen and oxygen atoms in total. The van der Waals surface area contributed by atoms with Crippen molar-refractivity contribution in [3.8, 4) is 0 Å². The first-order valence-corrected chi connectivity index (χ1v) is 6.93. The van der Waals surface area contributed by atoms with Gasteiger partial charge in [0.15, 0.2) is 0 Å². The highest BCUT2D eigenvalue weighted by Gasteiger charge is 2.08. The Balaban J connectivity index is 2.10. The Kier molecular flexibility index (Phi) is 3.54. The van der Waals surface area contributed by atoms with Crippen LogP contribution in [0, 0.1) is 5.82 Å². The van der Waals surface area contributed by atoms with Crippen LogP contribution < -0.4 is 5.32 Å². The predicted octanol–water partition coefficient (Wildman–Crippen LogP) is 4.93. The molecule has 0 atom stereocenters. The lowest BCUT2D eigenvalue weighted by atomic mass is 10.2. The maximum Gasteiger partial charge on any atom is 0.146 e. The second kappa shape index (κ2) is 5.34. The summed E-state index contributed by atoms with van der Waals surface area (Å²) in [6.45, 7) is 0. The minimum absolute atomic E-state index is 0.275. The normalized spacial score (nSPS) is 10.8. The summed E-state index contributed by atoms with van der Waals surface area (Å²) < 4.78 is 14.7. The van der Waals surface area contributed by atoms with Gasteiger partial charge < -0.3 is 5.32 Å². The predicted molar refractivity (Wildman–Crippen MR) is 81.9 cm³/mol. The summed E-state index contributed by atoms with van der Waals surface area (Å²) in [5.41, 5.74) is 1.05. The lowest BCUT2D eigenvalue weighted by molar-refractivity contribution is 0.632. The lowest BCUT2D eigenvalue weighted by Crippen LogP contribution is -1.98. The highest BCUT2D eigenvalue weighted by molar-refractivity contribution is 9.10. The van der Waals surface area contributed by atoms with Crippen LogP contribution >= 0.6 is 27.5 Å². The summed E-state index contributed by atoms with van der Waals surface area (Å²) in [5, 5.41) is 4.20. The fourth-order valence-corrected chi connectivity index (χ4v) is 2.38. The highest BCUT2D eigenvalue weighted by atomic mass is 79.9. The van der Waals surface area contributed by atoms with E-state index in [4.69, 9.17) is 11.6 Å². The third kappa shape index (κ3) is 2.59. The molecule has 0 unspecified atom stereocenters. The van der Waals surface area contributed by atoms with Crippen LogP contribution in [0.3, 0.4) is 0 Å². The van der Waals surface area contributed by atoms with Crippen LogP contribution in [-0.4, -0.2) is 9.97 Å². The van der Waals surface area contributed by atoms with Crippen molar-refractivity contribution in [2.24, 2.45) is 0 Å². The van der Waals surface area contributed by atoms with Crippen molar-refractivity contribution >= 4 is 49.9 Å². The molecular formula is C14H8BrClFN3. The molecule has 0 fully saturated rings. The lowest BCUT2D eigenvalue weighted by Gasteiger charge is -2.09. The molecule has 100 valence electrons. The van der Waals surface area contributed by atoms with Crippen molar-refractivity contribution < 1.29 is 4.39 Å². The number of aromatic nitrogens is 2. The number of hydrogen-bond donors (Lipinski definition) is 1. The molecular weight excluding hydrogens is 345 g/mol. The quantitative estimate of drug-likeness (QED) is 0.711. The molecule has 0 spiro atoms. The van der Waals surface area contributed by atoms with Gasteiger partial charge in [0.25, 0.3) is 0 Å². The van der Waals surface area contributed by atoms with E-state index in [-0.39, 0.29) is 5.69 Å². The van der Waals surface area contributed by atoms with E-state index in [1.54, 1.807) is 0 Å². The number of hydrogen-bond acceptors (Lipinski definition) is 3. The summed E-state index contributed by atoms with van der Waals surface area (Å²) in [6, 6.07) is 9.95. The minimum atomic E-state index is -0.392. The Bertz CT molecular complexity index is 794. The Morgan fingerprint density at radius 1 is 1.10 bits per heavy atom. The van der Waals surface area contributed by atoms with E-state index in [0.29, 0.717) is 10.8 Å². The molecule has 6 heteroatoms. The molecule has 3 aromatic rings. The molecule has 3 rings (SSSR count). The van der Waals surface area contributed by atoms with E-state index in [2.05, 4.69) is 31.2 Å². The Morgan fingerprint density at radius 3 is 2.80 bits per heavy atom. The van der Waals surface area contributed by atoms with E-state index >= 15 is 0 Å². The van der Waals surface area contributed by atoms with Crippen LogP contribution in [0.4, 0.5) is 15.9 Å². The van der Waals surface area contributed by atoms with Gasteiger partial charge in [0, 0.05) is 14.9 Å². The second-order valence-electron chi connectivity index (χ2n) is 4.13. The zero-order valence-corrected chi connectivity index (χ0v) is 12.4. The number of nitrogens with zero attached hydrogens (tertiary/aromatic N) is 2. The van der Waals surface area contributed by atoms with Gasteiger partial charge >= 0.3 is 0 Å². The number of anilines is 2. The average molecular weight is 353 g/mol. The second-order valence-corrected chi connectivity index (χ2v) is 5.49. The molecule has 0 saturated carbocycles. The van der Waals surface area contributed by atoms with Gasteiger partial charge in [0.2, 0.25) is 0 Å². The summed E-state index contributed by atoms with van der Waals surface area (Å²) in [5.74, 6) is 0.133.